The summed E-state index contributed by atoms with van der Waals surface area (Å²) in [5.41, 5.74) is 1.48. The van der Waals surface area contributed by atoms with Gasteiger partial charge in [0.15, 0.2) is 5.13 Å². The van der Waals surface area contributed by atoms with Crippen LogP contribution in [0.2, 0.25) is 0 Å². The van der Waals surface area contributed by atoms with Crippen molar-refractivity contribution in [3.63, 3.8) is 0 Å². The number of hydrogen-bond acceptors (Lipinski definition) is 5. The summed E-state index contributed by atoms with van der Waals surface area (Å²) in [6.45, 7) is 6.62. The smallest absolute Gasteiger partial charge is 0.265 e. The number of hydrogen-bond donors (Lipinski definition) is 2. The molecule has 0 fully saturated rings. The van der Waals surface area contributed by atoms with Crippen molar-refractivity contribution in [1.82, 2.24) is 4.98 Å². The number of nitrogens with one attached hydrogen (secondary N) is 2. The normalized spacial score (nSPS) is 11.6. The van der Waals surface area contributed by atoms with Crippen LogP contribution in [0.4, 0.5) is 10.8 Å². The van der Waals surface area contributed by atoms with E-state index < -0.39 is 10.0 Å². The van der Waals surface area contributed by atoms with Gasteiger partial charge in [-0.25, -0.2) is 13.4 Å². The summed E-state index contributed by atoms with van der Waals surface area (Å²) in [7, 11) is -3.64. The van der Waals surface area contributed by atoms with E-state index in [-0.39, 0.29) is 10.8 Å². The van der Waals surface area contributed by atoms with Crippen molar-refractivity contribution in [3.8, 4) is 0 Å². The van der Waals surface area contributed by atoms with Crippen LogP contribution in [0.25, 0.3) is 0 Å². The van der Waals surface area contributed by atoms with Crippen LogP contribution in [0.5, 0.6) is 0 Å². The topological polar surface area (TPSA) is 71.1 Å². The fraction of sp³-hybridized carbons (Fsp3) is 0.357. The summed E-state index contributed by atoms with van der Waals surface area (Å²) in [5.74, 6) is 0.272. The zero-order chi connectivity index (χ0) is 15.5. The Morgan fingerprint density at radius 3 is 2.62 bits per heavy atom. The molecule has 1 aromatic carbocycles. The molecule has 0 bridgehead atoms. The van der Waals surface area contributed by atoms with E-state index in [2.05, 4.69) is 15.0 Å². The van der Waals surface area contributed by atoms with E-state index in [1.54, 1.807) is 24.3 Å². The zero-order valence-corrected chi connectivity index (χ0v) is 13.9. The molecule has 0 amide bonds. The number of anilines is 2. The van der Waals surface area contributed by atoms with Crippen molar-refractivity contribution < 1.29 is 8.42 Å². The monoisotopic (exact) mass is 325 g/mol. The molecule has 1 aromatic heterocycles. The Balaban J connectivity index is 2.29. The molecular formula is C14H19N3O2S2. The first-order valence-corrected chi connectivity index (χ1v) is 9.11. The second kappa shape index (κ2) is 6.44. The van der Waals surface area contributed by atoms with Gasteiger partial charge in [0.25, 0.3) is 10.0 Å². The number of para-hydroxylation sites is 1. The van der Waals surface area contributed by atoms with Gasteiger partial charge >= 0.3 is 0 Å². The lowest BCUT2D eigenvalue weighted by Crippen LogP contribution is -2.15. The highest BCUT2D eigenvalue weighted by Gasteiger charge is 2.19. The van der Waals surface area contributed by atoms with Crippen molar-refractivity contribution >= 4 is 32.2 Å². The summed E-state index contributed by atoms with van der Waals surface area (Å²) < 4.78 is 27.5. The number of aromatic nitrogens is 1. The summed E-state index contributed by atoms with van der Waals surface area (Å²) in [5, 5.41) is 5.32. The molecule has 0 radical (unpaired) electrons. The average Bonchev–Trinajstić information content (AvgIpc) is 2.87. The minimum atomic E-state index is -3.64. The van der Waals surface area contributed by atoms with Crippen molar-refractivity contribution in [1.29, 1.82) is 0 Å². The van der Waals surface area contributed by atoms with Crippen molar-refractivity contribution in [2.24, 2.45) is 0 Å². The van der Waals surface area contributed by atoms with Crippen LogP contribution in [-0.2, 0) is 10.0 Å². The highest BCUT2D eigenvalue weighted by atomic mass is 32.2. The van der Waals surface area contributed by atoms with Gasteiger partial charge in [0.1, 0.15) is 4.90 Å². The second-order valence-corrected chi connectivity index (χ2v) is 7.37. The number of thiazole rings is 1. The van der Waals surface area contributed by atoms with E-state index >= 15 is 0 Å². The fourth-order valence-corrected chi connectivity index (χ4v) is 4.12. The maximum Gasteiger partial charge on any atom is 0.265 e. The van der Waals surface area contributed by atoms with Gasteiger partial charge in [0.05, 0.1) is 11.4 Å². The van der Waals surface area contributed by atoms with Crippen molar-refractivity contribution in [2.45, 2.75) is 31.6 Å². The lowest BCUT2D eigenvalue weighted by atomic mass is 10.2. The molecule has 21 heavy (non-hydrogen) atoms. The maximum absolute atomic E-state index is 12.5. The highest BCUT2D eigenvalue weighted by molar-refractivity contribution is 7.93. The lowest BCUT2D eigenvalue weighted by Gasteiger charge is -2.11. The van der Waals surface area contributed by atoms with Crippen molar-refractivity contribution in [2.75, 3.05) is 16.6 Å². The number of benzene rings is 1. The molecule has 0 atom stereocenters. The van der Waals surface area contributed by atoms with Gasteiger partial charge < -0.3 is 5.32 Å². The zero-order valence-electron chi connectivity index (χ0n) is 12.3. The Labute approximate surface area is 129 Å². The van der Waals surface area contributed by atoms with Gasteiger partial charge in [-0.15, -0.1) is 11.3 Å². The van der Waals surface area contributed by atoms with Crippen LogP contribution in [0.3, 0.4) is 0 Å². The molecule has 114 valence electrons. The van der Waals surface area contributed by atoms with E-state index in [1.165, 1.54) is 11.3 Å². The van der Waals surface area contributed by atoms with Gasteiger partial charge in [0, 0.05) is 11.9 Å². The van der Waals surface area contributed by atoms with Crippen LogP contribution < -0.4 is 10.0 Å². The van der Waals surface area contributed by atoms with E-state index in [0.717, 1.165) is 5.69 Å². The molecule has 0 saturated carbocycles. The van der Waals surface area contributed by atoms with Gasteiger partial charge in [-0.05, 0) is 25.0 Å². The molecule has 0 aliphatic rings. The summed E-state index contributed by atoms with van der Waals surface area (Å²) in [6.07, 6.45) is 0. The molecule has 2 rings (SSSR count). The summed E-state index contributed by atoms with van der Waals surface area (Å²) in [4.78, 5) is 4.53. The van der Waals surface area contributed by atoms with E-state index in [9.17, 15) is 8.42 Å². The molecule has 0 aliphatic heterocycles. The van der Waals surface area contributed by atoms with E-state index in [1.807, 2.05) is 26.2 Å². The summed E-state index contributed by atoms with van der Waals surface area (Å²) in [6, 6.07) is 6.84. The minimum Gasteiger partial charge on any atom is -0.384 e. The van der Waals surface area contributed by atoms with Crippen LogP contribution in [-0.4, -0.2) is 19.9 Å². The van der Waals surface area contributed by atoms with E-state index in [4.69, 9.17) is 0 Å². The van der Waals surface area contributed by atoms with E-state index in [0.29, 0.717) is 17.4 Å². The fourth-order valence-electron chi connectivity index (χ4n) is 1.81. The Morgan fingerprint density at radius 2 is 2.00 bits per heavy atom. The summed E-state index contributed by atoms with van der Waals surface area (Å²) >= 11 is 1.30. The third-order valence-electron chi connectivity index (χ3n) is 2.88. The molecular weight excluding hydrogens is 306 g/mol. The second-order valence-electron chi connectivity index (χ2n) is 4.86. The molecule has 0 saturated heterocycles. The first-order valence-electron chi connectivity index (χ1n) is 6.75. The maximum atomic E-state index is 12.5. The van der Waals surface area contributed by atoms with Crippen LogP contribution >= 0.6 is 11.3 Å². The Morgan fingerprint density at radius 1 is 1.29 bits per heavy atom. The molecule has 7 heteroatoms. The molecule has 0 unspecified atom stereocenters. The van der Waals surface area contributed by atoms with Gasteiger partial charge in [-0.1, -0.05) is 26.0 Å². The first-order chi connectivity index (χ1) is 9.94. The van der Waals surface area contributed by atoms with Crippen LogP contribution in [0, 0.1) is 0 Å². The predicted octanol–water partition coefficient (Wildman–Crippen LogP) is 3.50. The number of nitrogens with zero attached hydrogens (tertiary/aromatic N) is 1. The Kier molecular flexibility index (Phi) is 4.84. The Bertz CT molecular complexity index is 709. The standard InChI is InChI=1S/C14H19N3O2S2/c1-4-15-11-7-5-6-8-13(11)21(18,19)17-14-16-12(9-20-14)10(2)3/h5-10,15H,4H2,1-3H3,(H,16,17). The molecule has 0 spiro atoms. The lowest BCUT2D eigenvalue weighted by molar-refractivity contribution is 0.601. The number of rotatable bonds is 6. The SMILES string of the molecule is CCNc1ccccc1S(=O)(=O)Nc1nc(C(C)C)cs1. The average molecular weight is 325 g/mol. The van der Waals surface area contributed by atoms with Gasteiger partial charge in [-0.3, -0.25) is 4.72 Å². The quantitative estimate of drug-likeness (QED) is 0.853. The molecule has 5 nitrogen and oxygen atoms in total. The Hall–Kier alpha value is -1.60. The largest absolute Gasteiger partial charge is 0.384 e. The predicted molar refractivity (Wildman–Crippen MR) is 87.6 cm³/mol. The van der Waals surface area contributed by atoms with Crippen molar-refractivity contribution in [3.05, 3.63) is 35.3 Å². The third-order valence-corrected chi connectivity index (χ3v) is 5.18. The molecule has 2 aromatic rings. The molecule has 1 heterocycles. The number of sulfonamides is 1. The molecule has 2 N–H and O–H groups in total. The third kappa shape index (κ3) is 3.74. The van der Waals surface area contributed by atoms with Gasteiger partial charge in [0.2, 0.25) is 0 Å². The first kappa shape index (κ1) is 15.8. The van der Waals surface area contributed by atoms with Crippen LogP contribution in [0.15, 0.2) is 34.5 Å². The van der Waals surface area contributed by atoms with Crippen LogP contribution in [0.1, 0.15) is 32.4 Å². The highest BCUT2D eigenvalue weighted by Crippen LogP contribution is 2.26. The molecule has 0 aliphatic carbocycles. The van der Waals surface area contributed by atoms with Gasteiger partial charge in [-0.2, -0.15) is 0 Å². The minimum absolute atomic E-state index is 0.230.